The van der Waals surface area contributed by atoms with Gasteiger partial charge in [-0.1, -0.05) is 13.8 Å². The molecule has 0 amide bonds. The van der Waals surface area contributed by atoms with Crippen LogP contribution in [0.25, 0.3) is 0 Å². The molecule has 0 aliphatic rings. The first kappa shape index (κ1) is 14.8. The highest BCUT2D eigenvalue weighted by molar-refractivity contribution is 7.80. The van der Waals surface area contributed by atoms with E-state index in [9.17, 15) is 14.9 Å². The maximum Gasteiger partial charge on any atom is 0.285 e. The van der Waals surface area contributed by atoms with Crippen LogP contribution in [0.4, 0.5) is 5.69 Å². The summed E-state index contributed by atoms with van der Waals surface area (Å²) in [6.45, 7) is 4.55. The van der Waals surface area contributed by atoms with Gasteiger partial charge in [0, 0.05) is 18.7 Å². The second-order valence-corrected chi connectivity index (χ2v) is 4.79. The van der Waals surface area contributed by atoms with Crippen LogP contribution in [0.1, 0.15) is 26.7 Å². The second kappa shape index (κ2) is 6.04. The van der Waals surface area contributed by atoms with Gasteiger partial charge in [-0.15, -0.1) is 0 Å². The summed E-state index contributed by atoms with van der Waals surface area (Å²) in [4.78, 5) is 22.0. The number of thiol groups is 1. The van der Waals surface area contributed by atoms with Crippen LogP contribution in [0.2, 0.25) is 0 Å². The highest BCUT2D eigenvalue weighted by Gasteiger charge is 2.26. The molecule has 0 aromatic carbocycles. The first-order valence-electron chi connectivity index (χ1n) is 5.93. The fourth-order valence-electron chi connectivity index (χ4n) is 1.86. The van der Waals surface area contributed by atoms with Gasteiger partial charge in [-0.2, -0.15) is 12.6 Å². The van der Waals surface area contributed by atoms with E-state index in [1.165, 1.54) is 22.9 Å². The van der Waals surface area contributed by atoms with E-state index in [0.717, 1.165) is 12.8 Å². The zero-order chi connectivity index (χ0) is 13.8. The Morgan fingerprint density at radius 3 is 2.44 bits per heavy atom. The molecule has 1 aromatic heterocycles. The van der Waals surface area contributed by atoms with Crippen LogP contribution in [0, 0.1) is 15.5 Å². The van der Waals surface area contributed by atoms with Gasteiger partial charge in [-0.3, -0.25) is 14.9 Å². The van der Waals surface area contributed by atoms with E-state index in [1.54, 1.807) is 0 Å². The van der Waals surface area contributed by atoms with Crippen molar-refractivity contribution < 1.29 is 4.92 Å². The molecule has 0 unspecified atom stereocenters. The van der Waals surface area contributed by atoms with Gasteiger partial charge in [0.25, 0.3) is 11.2 Å². The first-order valence-corrected chi connectivity index (χ1v) is 6.57. The van der Waals surface area contributed by atoms with Crippen molar-refractivity contribution in [3.8, 4) is 0 Å². The van der Waals surface area contributed by atoms with Crippen molar-refractivity contribution in [3.63, 3.8) is 0 Å². The number of aromatic nitrogens is 1. The molecule has 1 heterocycles. The van der Waals surface area contributed by atoms with Crippen molar-refractivity contribution in [2.45, 2.75) is 33.2 Å². The minimum atomic E-state index is -0.490. The fourth-order valence-corrected chi connectivity index (χ4v) is 2.41. The van der Waals surface area contributed by atoms with Crippen LogP contribution in [0.3, 0.4) is 0 Å². The van der Waals surface area contributed by atoms with E-state index in [2.05, 4.69) is 12.6 Å². The summed E-state index contributed by atoms with van der Waals surface area (Å²) in [5.41, 5.74) is -0.370. The van der Waals surface area contributed by atoms with Crippen molar-refractivity contribution >= 4 is 18.3 Å². The number of nitrogens with zero attached hydrogens (tertiary/aromatic N) is 2. The molecule has 0 aliphatic heterocycles. The minimum absolute atomic E-state index is 0.0603. The number of hydrogen-bond acceptors (Lipinski definition) is 4. The smallest absolute Gasteiger partial charge is 0.285 e. The third kappa shape index (κ3) is 3.13. The van der Waals surface area contributed by atoms with Crippen molar-refractivity contribution in [3.05, 3.63) is 38.8 Å². The maximum absolute atomic E-state index is 11.7. The van der Waals surface area contributed by atoms with Gasteiger partial charge >= 0.3 is 0 Å². The summed E-state index contributed by atoms with van der Waals surface area (Å²) in [6.07, 6.45) is 3.07. The standard InChI is InChI=1S/C12H18N2O3S/c1-3-12(4-2,9-18)8-13-7-10(14(16)17)5-6-11(13)15/h5-7,18H,3-4,8-9H2,1-2H3. The lowest BCUT2D eigenvalue weighted by molar-refractivity contribution is -0.385. The molecule has 1 aromatic rings. The van der Waals surface area contributed by atoms with E-state index < -0.39 is 4.92 Å². The Bertz CT molecular complexity index is 472. The van der Waals surface area contributed by atoms with Crippen LogP contribution in [-0.4, -0.2) is 15.2 Å². The third-order valence-electron chi connectivity index (χ3n) is 3.52. The van der Waals surface area contributed by atoms with Crippen molar-refractivity contribution in [1.82, 2.24) is 4.57 Å². The van der Waals surface area contributed by atoms with E-state index in [0.29, 0.717) is 12.3 Å². The summed E-state index contributed by atoms with van der Waals surface area (Å²) in [6, 6.07) is 2.48. The Balaban J connectivity index is 3.13. The predicted molar refractivity (Wildman–Crippen MR) is 74.2 cm³/mol. The predicted octanol–water partition coefficient (Wildman–Crippen LogP) is 2.49. The van der Waals surface area contributed by atoms with E-state index in [4.69, 9.17) is 0 Å². The van der Waals surface area contributed by atoms with E-state index in [1.807, 2.05) is 13.8 Å². The molecule has 1 rings (SSSR count). The summed E-state index contributed by atoms with van der Waals surface area (Å²) >= 11 is 4.34. The second-order valence-electron chi connectivity index (χ2n) is 4.48. The highest BCUT2D eigenvalue weighted by atomic mass is 32.1. The number of pyridine rings is 1. The van der Waals surface area contributed by atoms with Crippen molar-refractivity contribution in [2.24, 2.45) is 5.41 Å². The first-order chi connectivity index (χ1) is 8.48. The third-order valence-corrected chi connectivity index (χ3v) is 4.19. The van der Waals surface area contributed by atoms with Gasteiger partial charge in [0.15, 0.2) is 0 Å². The number of hydrogen-bond donors (Lipinski definition) is 1. The lowest BCUT2D eigenvalue weighted by Crippen LogP contribution is -2.32. The van der Waals surface area contributed by atoms with Gasteiger partial charge in [0.05, 0.1) is 11.1 Å². The maximum atomic E-state index is 11.7. The Labute approximate surface area is 111 Å². The number of nitro groups is 1. The van der Waals surface area contributed by atoms with Crippen molar-refractivity contribution in [2.75, 3.05) is 5.75 Å². The van der Waals surface area contributed by atoms with Gasteiger partial charge in [-0.25, -0.2) is 0 Å². The Hall–Kier alpha value is -1.30. The monoisotopic (exact) mass is 270 g/mol. The average Bonchev–Trinajstić information content (AvgIpc) is 2.38. The topological polar surface area (TPSA) is 65.1 Å². The molecule has 5 nitrogen and oxygen atoms in total. The van der Waals surface area contributed by atoms with Crippen molar-refractivity contribution in [1.29, 1.82) is 0 Å². The molecule has 0 N–H and O–H groups in total. The molecule has 100 valence electrons. The van der Waals surface area contributed by atoms with Crippen LogP contribution in [-0.2, 0) is 6.54 Å². The quantitative estimate of drug-likeness (QED) is 0.490. The summed E-state index contributed by atoms with van der Waals surface area (Å²) in [7, 11) is 0. The molecule has 0 atom stereocenters. The zero-order valence-corrected chi connectivity index (χ0v) is 11.5. The molecule has 6 heteroatoms. The van der Waals surface area contributed by atoms with Gasteiger partial charge in [-0.05, 0) is 24.0 Å². The van der Waals surface area contributed by atoms with E-state index in [-0.39, 0.29) is 16.7 Å². The Morgan fingerprint density at radius 2 is 2.00 bits per heavy atom. The molecule has 0 spiro atoms. The highest BCUT2D eigenvalue weighted by Crippen LogP contribution is 2.29. The summed E-state index contributed by atoms with van der Waals surface area (Å²) < 4.78 is 1.42. The van der Waals surface area contributed by atoms with Crippen LogP contribution in [0.15, 0.2) is 23.1 Å². The normalized spacial score (nSPS) is 11.5. The lowest BCUT2D eigenvalue weighted by atomic mass is 9.84. The van der Waals surface area contributed by atoms with Gasteiger partial charge in [0.2, 0.25) is 0 Å². The lowest BCUT2D eigenvalue weighted by Gasteiger charge is -2.30. The molecule has 0 bridgehead atoms. The van der Waals surface area contributed by atoms with E-state index >= 15 is 0 Å². The molecular formula is C12H18N2O3S. The van der Waals surface area contributed by atoms with Crippen LogP contribution >= 0.6 is 12.6 Å². The minimum Gasteiger partial charge on any atom is -0.308 e. The average molecular weight is 270 g/mol. The zero-order valence-electron chi connectivity index (χ0n) is 10.6. The fraction of sp³-hybridized carbons (Fsp3) is 0.583. The molecule has 0 fully saturated rings. The molecule has 0 aliphatic carbocycles. The molecule has 0 radical (unpaired) electrons. The van der Waals surface area contributed by atoms with Gasteiger partial charge < -0.3 is 4.57 Å². The van der Waals surface area contributed by atoms with Crippen LogP contribution in [0.5, 0.6) is 0 Å². The molecular weight excluding hydrogens is 252 g/mol. The van der Waals surface area contributed by atoms with Gasteiger partial charge in [0.1, 0.15) is 0 Å². The SMILES string of the molecule is CCC(CC)(CS)Cn1cc([N+](=O)[O-])ccc1=O. The Kier molecular flexibility index (Phi) is 4.95. The molecule has 0 saturated carbocycles. The molecule has 0 saturated heterocycles. The van der Waals surface area contributed by atoms with Crippen LogP contribution < -0.4 is 5.56 Å². The summed E-state index contributed by atoms with van der Waals surface area (Å²) in [5, 5.41) is 10.7. The Morgan fingerprint density at radius 1 is 1.39 bits per heavy atom. The molecule has 18 heavy (non-hydrogen) atoms. The number of rotatable bonds is 6. The summed E-state index contributed by atoms with van der Waals surface area (Å²) in [5.74, 6) is 0.648. The largest absolute Gasteiger partial charge is 0.308 e.